The molecule has 4 nitrogen and oxygen atoms in total. The van der Waals surface area contributed by atoms with Crippen LogP contribution in [0.4, 0.5) is 13.2 Å². The van der Waals surface area contributed by atoms with E-state index in [4.69, 9.17) is 9.47 Å². The molecule has 0 N–H and O–H groups in total. The number of carbonyl (C=O) groups excluding carboxylic acids is 1. The fraction of sp³-hybridized carbons (Fsp3) is 0.562. The minimum atomic E-state index is -4.36. The number of hydrogen-bond acceptors (Lipinski definition) is 3. The summed E-state index contributed by atoms with van der Waals surface area (Å²) in [5, 5.41) is 0. The summed E-state index contributed by atoms with van der Waals surface area (Å²) in [5.41, 5.74) is -0.715. The van der Waals surface area contributed by atoms with Gasteiger partial charge in [0.25, 0.3) is 0 Å². The summed E-state index contributed by atoms with van der Waals surface area (Å²) in [6.07, 6.45) is -2.88. The predicted molar refractivity (Wildman–Crippen MR) is 76.0 cm³/mol. The number of amides is 1. The van der Waals surface area contributed by atoms with Crippen molar-refractivity contribution in [3.63, 3.8) is 0 Å². The van der Waals surface area contributed by atoms with Crippen molar-refractivity contribution < 1.29 is 27.4 Å². The van der Waals surface area contributed by atoms with E-state index in [2.05, 4.69) is 0 Å². The van der Waals surface area contributed by atoms with Crippen molar-refractivity contribution >= 4 is 5.91 Å². The lowest BCUT2D eigenvalue weighted by Gasteiger charge is -2.24. The summed E-state index contributed by atoms with van der Waals surface area (Å²) in [5.74, 6) is 0.587. The van der Waals surface area contributed by atoms with Crippen LogP contribution in [0.2, 0.25) is 0 Å². The van der Waals surface area contributed by atoms with Crippen LogP contribution in [0, 0.1) is 5.92 Å². The molecule has 23 heavy (non-hydrogen) atoms. The Morgan fingerprint density at radius 3 is 2.52 bits per heavy atom. The van der Waals surface area contributed by atoms with Crippen LogP contribution in [0.3, 0.4) is 0 Å². The van der Waals surface area contributed by atoms with Crippen LogP contribution >= 0.6 is 0 Å². The third kappa shape index (κ3) is 4.16. The highest BCUT2D eigenvalue weighted by Gasteiger charge is 2.35. The van der Waals surface area contributed by atoms with Gasteiger partial charge in [-0.3, -0.25) is 4.79 Å². The van der Waals surface area contributed by atoms with E-state index in [9.17, 15) is 18.0 Å². The van der Waals surface area contributed by atoms with Crippen molar-refractivity contribution in [3.05, 3.63) is 29.8 Å². The molecule has 1 aromatic carbocycles. The molecule has 0 bridgehead atoms. The molecule has 126 valence electrons. The first-order valence-corrected chi connectivity index (χ1v) is 7.64. The maximum Gasteiger partial charge on any atom is 0.416 e. The molecule has 1 saturated heterocycles. The lowest BCUT2D eigenvalue weighted by Crippen LogP contribution is -2.40. The minimum absolute atomic E-state index is 0.122. The number of alkyl halides is 3. The molecule has 1 amide bonds. The zero-order valence-electron chi connectivity index (χ0n) is 12.5. The van der Waals surface area contributed by atoms with Crippen molar-refractivity contribution in [2.24, 2.45) is 5.92 Å². The second kappa shape index (κ2) is 6.39. The van der Waals surface area contributed by atoms with Crippen LogP contribution in [0.1, 0.15) is 18.4 Å². The fourth-order valence-electron chi connectivity index (χ4n) is 2.55. The van der Waals surface area contributed by atoms with E-state index in [0.717, 1.165) is 25.0 Å². The monoisotopic (exact) mass is 329 g/mol. The van der Waals surface area contributed by atoms with Gasteiger partial charge >= 0.3 is 6.18 Å². The molecule has 1 aromatic rings. The fourth-order valence-corrected chi connectivity index (χ4v) is 2.55. The SMILES string of the molecule is O=C(C1CC1)N1CCOCC(Oc2ccc(C(F)(F)F)cc2)C1. The molecule has 1 aliphatic heterocycles. The molecular weight excluding hydrogens is 311 g/mol. The molecule has 1 aliphatic carbocycles. The average Bonchev–Trinajstić information content (AvgIpc) is 3.34. The summed E-state index contributed by atoms with van der Waals surface area (Å²) in [6, 6.07) is 4.56. The molecule has 3 rings (SSSR count). The van der Waals surface area contributed by atoms with Crippen LogP contribution in [-0.2, 0) is 15.7 Å². The van der Waals surface area contributed by atoms with Gasteiger partial charge in [-0.15, -0.1) is 0 Å². The molecule has 1 heterocycles. The van der Waals surface area contributed by atoms with E-state index in [0.29, 0.717) is 32.1 Å². The van der Waals surface area contributed by atoms with Gasteiger partial charge in [-0.1, -0.05) is 0 Å². The largest absolute Gasteiger partial charge is 0.486 e. The quantitative estimate of drug-likeness (QED) is 0.856. The molecule has 1 atom stereocenters. The summed E-state index contributed by atoms with van der Waals surface area (Å²) in [6.45, 7) is 1.69. The van der Waals surface area contributed by atoms with Crippen LogP contribution < -0.4 is 4.74 Å². The molecular formula is C16H18F3NO3. The third-order valence-electron chi connectivity index (χ3n) is 3.96. The highest BCUT2D eigenvalue weighted by atomic mass is 19.4. The van der Waals surface area contributed by atoms with Crippen LogP contribution in [0.5, 0.6) is 5.75 Å². The Bertz CT molecular complexity index is 555. The van der Waals surface area contributed by atoms with Crippen molar-refractivity contribution in [1.29, 1.82) is 0 Å². The number of rotatable bonds is 3. The first kappa shape index (κ1) is 16.1. The summed E-state index contributed by atoms with van der Waals surface area (Å²) >= 11 is 0. The topological polar surface area (TPSA) is 38.8 Å². The average molecular weight is 329 g/mol. The van der Waals surface area contributed by atoms with Gasteiger partial charge in [0.1, 0.15) is 11.9 Å². The minimum Gasteiger partial charge on any atom is -0.486 e. The van der Waals surface area contributed by atoms with E-state index in [-0.39, 0.29) is 17.9 Å². The van der Waals surface area contributed by atoms with Crippen molar-refractivity contribution in [1.82, 2.24) is 4.90 Å². The van der Waals surface area contributed by atoms with Crippen LogP contribution in [0.15, 0.2) is 24.3 Å². The van der Waals surface area contributed by atoms with Gasteiger partial charge in [0, 0.05) is 12.5 Å². The molecule has 1 unspecified atom stereocenters. The second-order valence-electron chi connectivity index (χ2n) is 5.90. The van der Waals surface area contributed by atoms with Gasteiger partial charge in [-0.05, 0) is 37.1 Å². The summed E-state index contributed by atoms with van der Waals surface area (Å²) in [7, 11) is 0. The Morgan fingerprint density at radius 2 is 1.91 bits per heavy atom. The zero-order valence-corrected chi connectivity index (χ0v) is 12.5. The van der Waals surface area contributed by atoms with E-state index in [1.54, 1.807) is 4.90 Å². The number of benzene rings is 1. The van der Waals surface area contributed by atoms with Gasteiger partial charge in [-0.25, -0.2) is 0 Å². The number of nitrogens with zero attached hydrogens (tertiary/aromatic N) is 1. The maximum absolute atomic E-state index is 12.5. The highest BCUT2D eigenvalue weighted by Crippen LogP contribution is 2.32. The van der Waals surface area contributed by atoms with Gasteiger partial charge in [0.15, 0.2) is 0 Å². The zero-order chi connectivity index (χ0) is 16.4. The number of hydrogen-bond donors (Lipinski definition) is 0. The third-order valence-corrected chi connectivity index (χ3v) is 3.96. The lowest BCUT2D eigenvalue weighted by molar-refractivity contribution is -0.137. The molecule has 0 aromatic heterocycles. The Morgan fingerprint density at radius 1 is 1.22 bits per heavy atom. The Hall–Kier alpha value is -1.76. The van der Waals surface area contributed by atoms with Gasteiger partial charge in [-0.2, -0.15) is 13.2 Å². The second-order valence-corrected chi connectivity index (χ2v) is 5.90. The van der Waals surface area contributed by atoms with Gasteiger partial charge in [0.2, 0.25) is 5.91 Å². The van der Waals surface area contributed by atoms with Crippen LogP contribution in [-0.4, -0.2) is 43.2 Å². The molecule has 0 radical (unpaired) electrons. The first-order chi connectivity index (χ1) is 10.9. The Kier molecular flexibility index (Phi) is 4.48. The maximum atomic E-state index is 12.5. The normalized spacial score (nSPS) is 22.6. The number of halogens is 3. The van der Waals surface area contributed by atoms with Gasteiger partial charge < -0.3 is 14.4 Å². The smallest absolute Gasteiger partial charge is 0.416 e. The molecule has 1 saturated carbocycles. The van der Waals surface area contributed by atoms with Crippen molar-refractivity contribution in [2.75, 3.05) is 26.3 Å². The molecule has 0 spiro atoms. The summed E-state index contributed by atoms with van der Waals surface area (Å²) < 4.78 is 48.8. The molecule has 7 heteroatoms. The van der Waals surface area contributed by atoms with E-state index in [1.165, 1.54) is 12.1 Å². The van der Waals surface area contributed by atoms with E-state index in [1.807, 2.05) is 0 Å². The van der Waals surface area contributed by atoms with E-state index >= 15 is 0 Å². The Balaban J connectivity index is 1.62. The van der Waals surface area contributed by atoms with Gasteiger partial charge in [0.05, 0.1) is 25.3 Å². The number of carbonyl (C=O) groups is 1. The lowest BCUT2D eigenvalue weighted by atomic mass is 10.2. The Labute approximate surface area is 132 Å². The highest BCUT2D eigenvalue weighted by molar-refractivity contribution is 5.81. The van der Waals surface area contributed by atoms with Crippen LogP contribution in [0.25, 0.3) is 0 Å². The molecule has 2 aliphatic rings. The number of ether oxygens (including phenoxy) is 2. The van der Waals surface area contributed by atoms with E-state index < -0.39 is 11.7 Å². The van der Waals surface area contributed by atoms with Crippen molar-refractivity contribution in [2.45, 2.75) is 25.1 Å². The van der Waals surface area contributed by atoms with Crippen molar-refractivity contribution in [3.8, 4) is 5.75 Å². The standard InChI is InChI=1S/C16H18F3NO3/c17-16(18,19)12-3-5-13(6-4-12)23-14-9-20(7-8-22-10-14)15(21)11-1-2-11/h3-6,11,14H,1-2,7-10H2. The first-order valence-electron chi connectivity index (χ1n) is 7.64. The summed E-state index contributed by atoms with van der Waals surface area (Å²) in [4.78, 5) is 13.9. The predicted octanol–water partition coefficient (Wildman–Crippen LogP) is 2.72. The molecule has 2 fully saturated rings.